The van der Waals surface area contributed by atoms with Gasteiger partial charge in [0.05, 0.1) is 5.69 Å². The highest BCUT2D eigenvalue weighted by Crippen LogP contribution is 2.21. The van der Waals surface area contributed by atoms with Crippen LogP contribution in [0.4, 0.5) is 5.82 Å². The monoisotopic (exact) mass is 220 g/mol. The van der Waals surface area contributed by atoms with Crippen molar-refractivity contribution in [3.63, 3.8) is 0 Å². The molecule has 1 aromatic heterocycles. The zero-order valence-electron chi connectivity index (χ0n) is 10.8. The molecule has 0 aliphatic heterocycles. The Balaban J connectivity index is 2.71. The van der Waals surface area contributed by atoms with Gasteiger partial charge in [-0.05, 0) is 18.8 Å². The predicted octanol–water partition coefficient (Wildman–Crippen LogP) is 2.45. The van der Waals surface area contributed by atoms with Crippen LogP contribution in [0.3, 0.4) is 0 Å². The molecule has 0 saturated heterocycles. The van der Waals surface area contributed by atoms with Gasteiger partial charge in [-0.2, -0.15) is 10.4 Å². The van der Waals surface area contributed by atoms with Crippen molar-refractivity contribution in [3.05, 3.63) is 11.3 Å². The molecule has 0 aliphatic carbocycles. The standard InChI is InChI=1S/C12H20N4/c1-9-10(8-13)11(16(5)15-9)14-7-6-12(2,3)4/h14H,6-7H2,1-5H3. The van der Waals surface area contributed by atoms with Gasteiger partial charge in [-0.25, -0.2) is 0 Å². The van der Waals surface area contributed by atoms with E-state index in [0.717, 1.165) is 24.5 Å². The summed E-state index contributed by atoms with van der Waals surface area (Å²) in [6.45, 7) is 9.32. The van der Waals surface area contributed by atoms with Crippen molar-refractivity contribution in [2.75, 3.05) is 11.9 Å². The molecule has 0 amide bonds. The smallest absolute Gasteiger partial charge is 0.142 e. The summed E-state index contributed by atoms with van der Waals surface area (Å²) in [5.74, 6) is 0.823. The van der Waals surface area contributed by atoms with Crippen LogP contribution in [-0.2, 0) is 7.05 Å². The molecule has 4 heteroatoms. The fourth-order valence-electron chi connectivity index (χ4n) is 1.55. The van der Waals surface area contributed by atoms with E-state index in [-0.39, 0.29) is 0 Å². The summed E-state index contributed by atoms with van der Waals surface area (Å²) in [5, 5.41) is 16.5. The second-order valence-electron chi connectivity index (χ2n) is 5.28. The van der Waals surface area contributed by atoms with Crippen molar-refractivity contribution in [2.45, 2.75) is 34.1 Å². The van der Waals surface area contributed by atoms with Gasteiger partial charge in [0.2, 0.25) is 0 Å². The molecule has 0 atom stereocenters. The first-order valence-corrected chi connectivity index (χ1v) is 5.53. The maximum atomic E-state index is 9.03. The van der Waals surface area contributed by atoms with Gasteiger partial charge in [0.15, 0.2) is 0 Å². The number of hydrogen-bond donors (Lipinski definition) is 1. The Labute approximate surface area is 97.3 Å². The third-order valence-corrected chi connectivity index (χ3v) is 2.50. The highest BCUT2D eigenvalue weighted by Gasteiger charge is 2.14. The van der Waals surface area contributed by atoms with Crippen LogP contribution in [-0.4, -0.2) is 16.3 Å². The fourth-order valence-corrected chi connectivity index (χ4v) is 1.55. The van der Waals surface area contributed by atoms with Gasteiger partial charge < -0.3 is 5.32 Å². The van der Waals surface area contributed by atoms with Crippen LogP contribution in [0.15, 0.2) is 0 Å². The van der Waals surface area contributed by atoms with Gasteiger partial charge in [0, 0.05) is 13.6 Å². The number of nitrogens with one attached hydrogen (secondary N) is 1. The first kappa shape index (κ1) is 12.6. The Kier molecular flexibility index (Phi) is 3.58. The van der Waals surface area contributed by atoms with E-state index in [1.54, 1.807) is 4.68 Å². The van der Waals surface area contributed by atoms with E-state index in [1.165, 1.54) is 0 Å². The van der Waals surface area contributed by atoms with Crippen LogP contribution in [0.5, 0.6) is 0 Å². The number of aryl methyl sites for hydroxylation is 2. The molecule has 1 heterocycles. The van der Waals surface area contributed by atoms with Gasteiger partial charge in [0.1, 0.15) is 17.5 Å². The van der Waals surface area contributed by atoms with Crippen molar-refractivity contribution in [1.29, 1.82) is 5.26 Å². The summed E-state index contributed by atoms with van der Waals surface area (Å²) >= 11 is 0. The van der Waals surface area contributed by atoms with Crippen LogP contribution in [0.25, 0.3) is 0 Å². The summed E-state index contributed by atoms with van der Waals surface area (Å²) < 4.78 is 1.73. The molecule has 4 nitrogen and oxygen atoms in total. The summed E-state index contributed by atoms with van der Waals surface area (Å²) in [7, 11) is 1.85. The van der Waals surface area contributed by atoms with Crippen molar-refractivity contribution in [2.24, 2.45) is 12.5 Å². The summed E-state index contributed by atoms with van der Waals surface area (Å²) in [6, 6.07) is 2.19. The minimum atomic E-state index is 0.299. The van der Waals surface area contributed by atoms with Gasteiger partial charge in [-0.15, -0.1) is 0 Å². The number of rotatable bonds is 3. The van der Waals surface area contributed by atoms with Crippen molar-refractivity contribution >= 4 is 5.82 Å². The summed E-state index contributed by atoms with van der Waals surface area (Å²) in [4.78, 5) is 0. The van der Waals surface area contributed by atoms with Gasteiger partial charge in [-0.3, -0.25) is 4.68 Å². The van der Waals surface area contributed by atoms with E-state index in [0.29, 0.717) is 11.0 Å². The number of nitriles is 1. The molecular weight excluding hydrogens is 200 g/mol. The van der Waals surface area contributed by atoms with Gasteiger partial charge in [0.25, 0.3) is 0 Å². The second-order valence-corrected chi connectivity index (χ2v) is 5.28. The second kappa shape index (κ2) is 4.56. The lowest BCUT2D eigenvalue weighted by Gasteiger charge is -2.18. The molecule has 88 valence electrons. The summed E-state index contributed by atoms with van der Waals surface area (Å²) in [6.07, 6.45) is 1.06. The minimum Gasteiger partial charge on any atom is -0.369 e. The van der Waals surface area contributed by atoms with E-state index in [9.17, 15) is 0 Å². The molecule has 16 heavy (non-hydrogen) atoms. The number of hydrogen-bond acceptors (Lipinski definition) is 3. The molecule has 0 radical (unpaired) electrons. The first-order chi connectivity index (χ1) is 7.35. The molecule has 0 aromatic carbocycles. The zero-order chi connectivity index (χ0) is 12.3. The molecule has 0 spiro atoms. The quantitative estimate of drug-likeness (QED) is 0.851. The third-order valence-electron chi connectivity index (χ3n) is 2.50. The van der Waals surface area contributed by atoms with Crippen molar-refractivity contribution in [1.82, 2.24) is 9.78 Å². The Morgan fingerprint density at radius 1 is 1.44 bits per heavy atom. The van der Waals surface area contributed by atoms with E-state index in [1.807, 2.05) is 14.0 Å². The third kappa shape index (κ3) is 2.99. The highest BCUT2D eigenvalue weighted by molar-refractivity contribution is 5.54. The Bertz CT molecular complexity index is 404. The molecule has 1 rings (SSSR count). The molecule has 0 bridgehead atoms. The maximum absolute atomic E-state index is 9.03. The van der Waals surface area contributed by atoms with Crippen molar-refractivity contribution in [3.8, 4) is 6.07 Å². The Morgan fingerprint density at radius 2 is 2.06 bits per heavy atom. The SMILES string of the molecule is Cc1nn(C)c(NCCC(C)(C)C)c1C#N. The topological polar surface area (TPSA) is 53.6 Å². The number of nitrogens with zero attached hydrogens (tertiary/aromatic N) is 3. The van der Waals surface area contributed by atoms with E-state index in [4.69, 9.17) is 5.26 Å². The average molecular weight is 220 g/mol. The normalized spacial score (nSPS) is 11.2. The molecule has 1 N–H and O–H groups in total. The van der Waals surface area contributed by atoms with Gasteiger partial charge in [-0.1, -0.05) is 20.8 Å². The number of aromatic nitrogens is 2. The fraction of sp³-hybridized carbons (Fsp3) is 0.667. The first-order valence-electron chi connectivity index (χ1n) is 5.53. The van der Waals surface area contributed by atoms with Crippen LogP contribution in [0, 0.1) is 23.7 Å². The maximum Gasteiger partial charge on any atom is 0.142 e. The molecular formula is C12H20N4. The molecule has 0 saturated carbocycles. The minimum absolute atomic E-state index is 0.299. The predicted molar refractivity (Wildman–Crippen MR) is 65.2 cm³/mol. The highest BCUT2D eigenvalue weighted by atomic mass is 15.3. The lowest BCUT2D eigenvalue weighted by atomic mass is 9.92. The Hall–Kier alpha value is -1.50. The summed E-state index contributed by atoms with van der Waals surface area (Å²) in [5.41, 5.74) is 1.73. The molecule has 0 fully saturated rings. The Morgan fingerprint density at radius 3 is 2.56 bits per heavy atom. The van der Waals surface area contributed by atoms with Crippen LogP contribution < -0.4 is 5.32 Å². The molecule has 1 aromatic rings. The van der Waals surface area contributed by atoms with Crippen molar-refractivity contribution < 1.29 is 0 Å². The van der Waals surface area contributed by atoms with E-state index in [2.05, 4.69) is 37.3 Å². The van der Waals surface area contributed by atoms with E-state index < -0.39 is 0 Å². The van der Waals surface area contributed by atoms with Crippen LogP contribution >= 0.6 is 0 Å². The molecule has 0 aliphatic rings. The van der Waals surface area contributed by atoms with Gasteiger partial charge >= 0.3 is 0 Å². The van der Waals surface area contributed by atoms with E-state index >= 15 is 0 Å². The van der Waals surface area contributed by atoms with Crippen LogP contribution in [0.2, 0.25) is 0 Å². The largest absolute Gasteiger partial charge is 0.369 e. The molecule has 0 unspecified atom stereocenters. The lowest BCUT2D eigenvalue weighted by Crippen LogP contribution is -2.14. The average Bonchev–Trinajstić information content (AvgIpc) is 2.39. The lowest BCUT2D eigenvalue weighted by molar-refractivity contribution is 0.389. The van der Waals surface area contributed by atoms with Crippen LogP contribution in [0.1, 0.15) is 38.4 Å². The number of anilines is 1. The zero-order valence-corrected chi connectivity index (χ0v) is 10.8.